The number of fused-ring (bicyclic) bond motifs is 1. The molecule has 166 valence electrons. The van der Waals surface area contributed by atoms with Gasteiger partial charge in [0.05, 0.1) is 5.56 Å². The van der Waals surface area contributed by atoms with Crippen molar-refractivity contribution in [2.75, 3.05) is 0 Å². The van der Waals surface area contributed by atoms with Crippen molar-refractivity contribution in [1.82, 2.24) is 15.0 Å². The first kappa shape index (κ1) is 20.9. The molecule has 0 aliphatic rings. The van der Waals surface area contributed by atoms with E-state index >= 15 is 4.39 Å². The van der Waals surface area contributed by atoms with Crippen molar-refractivity contribution < 1.29 is 4.39 Å². The molecule has 6 aromatic rings. The minimum Gasteiger partial charge on any atom is -0.208 e. The summed E-state index contributed by atoms with van der Waals surface area (Å²) in [5.74, 6) is 0.943. The average molecular weight is 454 g/mol. The molecule has 3 nitrogen and oxygen atoms in total. The van der Waals surface area contributed by atoms with E-state index in [0.717, 1.165) is 33.0 Å². The Kier molecular flexibility index (Phi) is 5.32. The number of hydrogen-bond donors (Lipinski definition) is 0. The van der Waals surface area contributed by atoms with Gasteiger partial charge in [0.1, 0.15) is 5.82 Å². The molecule has 0 spiro atoms. The average Bonchev–Trinajstić information content (AvgIpc) is 2.93. The van der Waals surface area contributed by atoms with Gasteiger partial charge in [-0.05, 0) is 34.0 Å². The van der Waals surface area contributed by atoms with Crippen molar-refractivity contribution in [1.29, 1.82) is 0 Å². The van der Waals surface area contributed by atoms with E-state index in [4.69, 9.17) is 0 Å². The fraction of sp³-hybridized carbons (Fsp3) is 0. The van der Waals surface area contributed by atoms with Gasteiger partial charge in [0, 0.05) is 11.1 Å². The van der Waals surface area contributed by atoms with E-state index in [2.05, 4.69) is 33.2 Å². The van der Waals surface area contributed by atoms with Gasteiger partial charge in [-0.3, -0.25) is 0 Å². The van der Waals surface area contributed by atoms with Gasteiger partial charge in [-0.1, -0.05) is 109 Å². The van der Waals surface area contributed by atoms with Crippen molar-refractivity contribution >= 4 is 10.8 Å². The van der Waals surface area contributed by atoms with Crippen LogP contribution in [0.5, 0.6) is 0 Å². The lowest BCUT2D eigenvalue weighted by Gasteiger charge is -2.11. The minimum absolute atomic E-state index is 0.305. The van der Waals surface area contributed by atoms with Gasteiger partial charge in [-0.2, -0.15) is 0 Å². The summed E-state index contributed by atoms with van der Waals surface area (Å²) in [6.07, 6.45) is 0. The quantitative estimate of drug-likeness (QED) is 0.273. The summed E-state index contributed by atoms with van der Waals surface area (Å²) in [5, 5.41) is 2.20. The number of rotatable bonds is 4. The van der Waals surface area contributed by atoms with Crippen molar-refractivity contribution in [3.63, 3.8) is 0 Å². The molecular weight excluding hydrogens is 433 g/mol. The molecule has 0 radical (unpaired) electrons. The van der Waals surface area contributed by atoms with E-state index in [-0.39, 0.29) is 5.82 Å². The Balaban J connectivity index is 1.49. The van der Waals surface area contributed by atoms with Crippen LogP contribution in [0.25, 0.3) is 56.1 Å². The van der Waals surface area contributed by atoms with Crippen molar-refractivity contribution in [3.05, 3.63) is 127 Å². The number of halogens is 1. The first-order valence-corrected chi connectivity index (χ1v) is 11.4. The van der Waals surface area contributed by atoms with Crippen LogP contribution in [-0.2, 0) is 0 Å². The second kappa shape index (κ2) is 8.92. The van der Waals surface area contributed by atoms with Gasteiger partial charge in [-0.25, -0.2) is 19.3 Å². The predicted octanol–water partition coefficient (Wildman–Crippen LogP) is 7.83. The monoisotopic (exact) mass is 453 g/mol. The summed E-state index contributed by atoms with van der Waals surface area (Å²) in [7, 11) is 0. The minimum atomic E-state index is -0.375. The highest BCUT2D eigenvalue weighted by molar-refractivity contribution is 5.96. The van der Waals surface area contributed by atoms with E-state index in [9.17, 15) is 0 Å². The lowest BCUT2D eigenvalue weighted by atomic mass is 9.97. The molecule has 0 aliphatic carbocycles. The van der Waals surface area contributed by atoms with Gasteiger partial charge in [-0.15, -0.1) is 0 Å². The second-order valence-electron chi connectivity index (χ2n) is 8.26. The second-order valence-corrected chi connectivity index (χ2v) is 8.26. The van der Waals surface area contributed by atoms with Crippen LogP contribution in [-0.4, -0.2) is 15.0 Å². The largest absolute Gasteiger partial charge is 0.208 e. The van der Waals surface area contributed by atoms with Crippen LogP contribution >= 0.6 is 0 Å². The molecule has 35 heavy (non-hydrogen) atoms. The summed E-state index contributed by atoms with van der Waals surface area (Å²) in [6, 6.07) is 38.8. The van der Waals surface area contributed by atoms with Crippen LogP contribution in [0.15, 0.2) is 121 Å². The molecule has 0 aliphatic heterocycles. The lowest BCUT2D eigenvalue weighted by molar-refractivity contribution is 0.630. The first-order valence-electron chi connectivity index (χ1n) is 11.4. The zero-order valence-electron chi connectivity index (χ0n) is 18.8. The molecule has 0 unspecified atom stereocenters. The molecule has 0 atom stereocenters. The number of hydrogen-bond acceptors (Lipinski definition) is 3. The Hall–Kier alpha value is -4.70. The van der Waals surface area contributed by atoms with E-state index < -0.39 is 0 Å². The summed E-state index contributed by atoms with van der Waals surface area (Å²) in [6.45, 7) is 0. The van der Waals surface area contributed by atoms with Gasteiger partial charge in [0.25, 0.3) is 0 Å². The third kappa shape index (κ3) is 4.06. The molecule has 1 aromatic heterocycles. The Morgan fingerprint density at radius 3 is 1.66 bits per heavy atom. The van der Waals surface area contributed by atoms with Crippen LogP contribution in [0.4, 0.5) is 4.39 Å². The molecular formula is C31H20FN3. The first-order chi connectivity index (χ1) is 17.3. The summed E-state index contributed by atoms with van der Waals surface area (Å²) >= 11 is 0. The van der Waals surface area contributed by atoms with Crippen molar-refractivity contribution in [3.8, 4) is 45.3 Å². The molecule has 0 saturated carbocycles. The number of aromatic nitrogens is 3. The number of nitrogens with zero attached hydrogens (tertiary/aromatic N) is 3. The van der Waals surface area contributed by atoms with Crippen LogP contribution in [0.1, 0.15) is 0 Å². The normalized spacial score (nSPS) is 11.0. The van der Waals surface area contributed by atoms with Crippen LogP contribution in [0.3, 0.4) is 0 Å². The standard InChI is InChI=1S/C31H20FN3/c32-28-20-24(26-17-9-15-21-10-7-8-16-25(21)26)18-19-27(28)31-34-29(22-11-3-1-4-12-22)33-30(35-31)23-13-5-2-6-14-23/h1-20H. The van der Waals surface area contributed by atoms with Gasteiger partial charge >= 0.3 is 0 Å². The number of benzene rings is 5. The van der Waals surface area contributed by atoms with Gasteiger partial charge in [0.2, 0.25) is 0 Å². The summed E-state index contributed by atoms with van der Waals surface area (Å²) in [4.78, 5) is 14.0. The van der Waals surface area contributed by atoms with E-state index in [1.165, 1.54) is 0 Å². The molecule has 0 fully saturated rings. The zero-order chi connectivity index (χ0) is 23.6. The third-order valence-electron chi connectivity index (χ3n) is 6.01. The summed E-state index contributed by atoms with van der Waals surface area (Å²) < 4.78 is 15.6. The summed E-state index contributed by atoms with van der Waals surface area (Å²) in [5.41, 5.74) is 3.83. The molecule has 0 bridgehead atoms. The predicted molar refractivity (Wildman–Crippen MR) is 139 cm³/mol. The smallest absolute Gasteiger partial charge is 0.167 e. The van der Waals surface area contributed by atoms with E-state index in [1.54, 1.807) is 12.1 Å². The van der Waals surface area contributed by atoms with Crippen molar-refractivity contribution in [2.45, 2.75) is 0 Å². The maximum absolute atomic E-state index is 15.6. The Morgan fingerprint density at radius 2 is 1.00 bits per heavy atom. The highest BCUT2D eigenvalue weighted by Gasteiger charge is 2.16. The van der Waals surface area contributed by atoms with Gasteiger partial charge in [0.15, 0.2) is 17.5 Å². The van der Waals surface area contributed by atoms with Crippen LogP contribution in [0, 0.1) is 5.82 Å². The lowest BCUT2D eigenvalue weighted by Crippen LogP contribution is -2.01. The molecule has 6 rings (SSSR count). The SMILES string of the molecule is Fc1cc(-c2cccc3ccccc23)ccc1-c1nc(-c2ccccc2)nc(-c2ccccc2)n1. The molecule has 0 saturated heterocycles. The highest BCUT2D eigenvalue weighted by Crippen LogP contribution is 2.32. The molecule has 0 N–H and O–H groups in total. The third-order valence-corrected chi connectivity index (χ3v) is 6.01. The zero-order valence-corrected chi connectivity index (χ0v) is 18.8. The van der Waals surface area contributed by atoms with Gasteiger partial charge < -0.3 is 0 Å². The van der Waals surface area contributed by atoms with Crippen molar-refractivity contribution in [2.24, 2.45) is 0 Å². The van der Waals surface area contributed by atoms with Crippen LogP contribution < -0.4 is 0 Å². The highest BCUT2D eigenvalue weighted by atomic mass is 19.1. The maximum Gasteiger partial charge on any atom is 0.167 e. The fourth-order valence-electron chi connectivity index (χ4n) is 4.27. The Morgan fingerprint density at radius 1 is 0.429 bits per heavy atom. The topological polar surface area (TPSA) is 38.7 Å². The Labute approximate surface area is 202 Å². The molecule has 0 amide bonds. The Bertz CT molecular complexity index is 1580. The van der Waals surface area contributed by atoms with E-state index in [0.29, 0.717) is 23.0 Å². The molecule has 1 heterocycles. The van der Waals surface area contributed by atoms with Crippen LogP contribution in [0.2, 0.25) is 0 Å². The maximum atomic E-state index is 15.6. The molecule has 4 heteroatoms. The van der Waals surface area contributed by atoms with E-state index in [1.807, 2.05) is 91.0 Å². The molecule has 5 aromatic carbocycles. The fourth-order valence-corrected chi connectivity index (χ4v) is 4.27.